The van der Waals surface area contributed by atoms with Gasteiger partial charge >= 0.3 is 24.7 Å². The molecule has 4 heavy (non-hydrogen) atoms. The Morgan fingerprint density at radius 1 is 1.75 bits per heavy atom. The third-order valence-electron chi connectivity index (χ3n) is 0. The monoisotopic (exact) mass is 149 g/mol. The SMILES string of the molecule is O=[C]=[Ni].[Cu]. The van der Waals surface area contributed by atoms with Crippen LogP contribution in [0.5, 0.6) is 0 Å². The van der Waals surface area contributed by atoms with Gasteiger partial charge in [0.1, 0.15) is 0 Å². The van der Waals surface area contributed by atoms with E-state index in [1.807, 2.05) is 0 Å². The molecular formula is CCuNiO. The smallest absolute Gasteiger partial charge is 0 e. The Hall–Kier alpha value is 0.593. The Morgan fingerprint density at radius 2 is 1.75 bits per heavy atom. The van der Waals surface area contributed by atoms with Gasteiger partial charge in [0.15, 0.2) is 0 Å². The standard InChI is InChI=1S/CO.Cu.Ni/c1-2;;. The third kappa shape index (κ3) is 18.7. The van der Waals surface area contributed by atoms with Crippen LogP contribution in [0.3, 0.4) is 0 Å². The molecule has 0 saturated carbocycles. The van der Waals surface area contributed by atoms with Gasteiger partial charge in [-0.25, -0.2) is 0 Å². The van der Waals surface area contributed by atoms with Crippen molar-refractivity contribution in [1.29, 1.82) is 0 Å². The molecule has 0 N–H and O–H groups in total. The fraction of sp³-hybridized carbons (Fsp3) is 0. The molecule has 31 valence electrons. The summed E-state index contributed by atoms with van der Waals surface area (Å²) >= 11 is 3.36. The van der Waals surface area contributed by atoms with E-state index in [0.717, 1.165) is 4.86 Å². The summed E-state index contributed by atoms with van der Waals surface area (Å²) in [6, 6.07) is 0. The molecule has 3 heteroatoms. The van der Waals surface area contributed by atoms with Crippen molar-refractivity contribution in [3.05, 3.63) is 0 Å². The molecule has 1 radical (unpaired) electrons. The first-order chi connectivity index (χ1) is 1.41. The van der Waals surface area contributed by atoms with Crippen molar-refractivity contribution in [3.8, 4) is 0 Å². The second kappa shape index (κ2) is 9.52. The van der Waals surface area contributed by atoms with Gasteiger partial charge in [-0.15, -0.1) is 0 Å². The van der Waals surface area contributed by atoms with Crippen molar-refractivity contribution in [1.82, 2.24) is 0 Å². The van der Waals surface area contributed by atoms with Gasteiger partial charge in [0, 0.05) is 17.1 Å². The zero-order valence-electron chi connectivity index (χ0n) is 1.53. The van der Waals surface area contributed by atoms with Gasteiger partial charge in [-0.05, 0) is 0 Å². The zero-order chi connectivity index (χ0) is 2.71. The second-order valence-corrected chi connectivity index (χ2v) is 0.266. The van der Waals surface area contributed by atoms with Gasteiger partial charge in [-0.3, -0.25) is 0 Å². The van der Waals surface area contributed by atoms with E-state index >= 15 is 0 Å². The minimum Gasteiger partial charge on any atom is 0 e. The zero-order valence-corrected chi connectivity index (χ0v) is 3.46. The van der Waals surface area contributed by atoms with E-state index < -0.39 is 0 Å². The van der Waals surface area contributed by atoms with Gasteiger partial charge in [0.2, 0.25) is 0 Å². The van der Waals surface area contributed by atoms with Crippen molar-refractivity contribution >= 4 is 4.86 Å². The molecule has 0 atom stereocenters. The van der Waals surface area contributed by atoms with Crippen molar-refractivity contribution in [3.63, 3.8) is 0 Å². The minimum atomic E-state index is 0. The van der Waals surface area contributed by atoms with Crippen LogP contribution in [0.4, 0.5) is 0 Å². The topological polar surface area (TPSA) is 17.1 Å². The van der Waals surface area contributed by atoms with Gasteiger partial charge in [0.25, 0.3) is 0 Å². The molecule has 0 aromatic carbocycles. The normalized spacial score (nSPS) is 2.50. The molecule has 0 aliphatic rings. The number of rotatable bonds is 0. The first-order valence-electron chi connectivity index (χ1n) is 0.362. The molecule has 0 aromatic rings. The maximum atomic E-state index is 8.51. The van der Waals surface area contributed by atoms with E-state index in [2.05, 4.69) is 15.0 Å². The Kier molecular flexibility index (Phi) is 21.0. The van der Waals surface area contributed by atoms with Crippen molar-refractivity contribution in [2.75, 3.05) is 0 Å². The second-order valence-electron chi connectivity index (χ2n) is 0.0645. The average Bonchev–Trinajstić information content (AvgIpc) is 0.918. The molecule has 0 aliphatic carbocycles. The third-order valence-corrected chi connectivity index (χ3v) is 0. The van der Waals surface area contributed by atoms with Gasteiger partial charge in [0.05, 0.1) is 0 Å². The van der Waals surface area contributed by atoms with E-state index in [4.69, 9.17) is 4.79 Å². The summed E-state index contributed by atoms with van der Waals surface area (Å²) in [6.45, 7) is 0. The van der Waals surface area contributed by atoms with Crippen LogP contribution in [0.15, 0.2) is 0 Å². The molecule has 0 spiro atoms. The van der Waals surface area contributed by atoms with Gasteiger partial charge < -0.3 is 0 Å². The molecule has 0 bridgehead atoms. The van der Waals surface area contributed by atoms with Crippen LogP contribution in [-0.2, 0) is 36.9 Å². The maximum Gasteiger partial charge on any atom is 0 e. The Morgan fingerprint density at radius 3 is 1.75 bits per heavy atom. The van der Waals surface area contributed by atoms with Crippen molar-refractivity contribution in [2.24, 2.45) is 0 Å². The van der Waals surface area contributed by atoms with Crippen LogP contribution in [0, 0.1) is 0 Å². The molecular weight excluding hydrogens is 150 g/mol. The van der Waals surface area contributed by atoms with E-state index in [1.54, 1.807) is 0 Å². The minimum absolute atomic E-state index is 0. The van der Waals surface area contributed by atoms with Crippen LogP contribution < -0.4 is 0 Å². The predicted octanol–water partition coefficient (Wildman–Crippen LogP) is -0.402. The Balaban J connectivity index is 0. The van der Waals surface area contributed by atoms with Crippen molar-refractivity contribution in [2.45, 2.75) is 0 Å². The molecule has 0 unspecified atom stereocenters. The summed E-state index contributed by atoms with van der Waals surface area (Å²) in [5, 5.41) is 0. The first kappa shape index (κ1) is 8.82. The van der Waals surface area contributed by atoms with Crippen LogP contribution in [-0.4, -0.2) is 4.86 Å². The van der Waals surface area contributed by atoms with Crippen LogP contribution >= 0.6 is 0 Å². The molecule has 1 nitrogen and oxygen atoms in total. The summed E-state index contributed by atoms with van der Waals surface area (Å²) in [5.41, 5.74) is 0. The number of hydrogen-bond acceptors (Lipinski definition) is 1. The molecule has 0 aliphatic heterocycles. The fourth-order valence-corrected chi connectivity index (χ4v) is 0. The summed E-state index contributed by atoms with van der Waals surface area (Å²) in [4.78, 5) is 9.64. The van der Waals surface area contributed by atoms with E-state index in [-0.39, 0.29) is 17.1 Å². The summed E-state index contributed by atoms with van der Waals surface area (Å²) in [5.74, 6) is 0. The van der Waals surface area contributed by atoms with E-state index in [0.29, 0.717) is 0 Å². The van der Waals surface area contributed by atoms with Crippen LogP contribution in [0.25, 0.3) is 0 Å². The Bertz CT molecular complexity index is 29.0. The van der Waals surface area contributed by atoms with Crippen LogP contribution in [0.2, 0.25) is 0 Å². The number of hydrogen-bond donors (Lipinski definition) is 0. The van der Waals surface area contributed by atoms with Gasteiger partial charge in [-0.1, -0.05) is 0 Å². The van der Waals surface area contributed by atoms with E-state index in [9.17, 15) is 0 Å². The molecule has 0 amide bonds. The van der Waals surface area contributed by atoms with Crippen molar-refractivity contribution < 1.29 is 36.9 Å². The predicted molar refractivity (Wildman–Crippen MR) is 5.69 cm³/mol. The van der Waals surface area contributed by atoms with E-state index in [1.165, 1.54) is 0 Å². The van der Waals surface area contributed by atoms with Gasteiger partial charge in [-0.2, -0.15) is 0 Å². The molecule has 0 heterocycles. The molecule has 0 rings (SSSR count). The maximum absolute atomic E-state index is 8.51. The average molecular weight is 150 g/mol. The quantitative estimate of drug-likeness (QED) is 0.429. The molecule has 0 saturated heterocycles. The summed E-state index contributed by atoms with van der Waals surface area (Å²) < 4.78 is 0. The molecule has 0 fully saturated rings. The Labute approximate surface area is 42.2 Å². The summed E-state index contributed by atoms with van der Waals surface area (Å²) in [7, 11) is 0. The van der Waals surface area contributed by atoms with Crippen LogP contribution in [0.1, 0.15) is 0 Å². The molecule has 0 aromatic heterocycles. The fourth-order valence-electron chi connectivity index (χ4n) is 0. The first-order valence-corrected chi connectivity index (χ1v) is 0.856. The summed E-state index contributed by atoms with van der Waals surface area (Å²) in [6.07, 6.45) is 0. The largest absolute Gasteiger partial charge is 0 e. The number of carbonyl (C=O) groups excluding carboxylic acids is 1.